The molecular formula is C26H30N2O4S3. The van der Waals surface area contributed by atoms with Gasteiger partial charge >= 0.3 is 0 Å². The Morgan fingerprint density at radius 1 is 1.00 bits per heavy atom. The second kappa shape index (κ2) is 12.5. The van der Waals surface area contributed by atoms with E-state index in [1.165, 1.54) is 60.0 Å². The Kier molecular flexibility index (Phi) is 9.65. The van der Waals surface area contributed by atoms with Crippen LogP contribution in [-0.4, -0.2) is 41.8 Å². The fourth-order valence-corrected chi connectivity index (χ4v) is 5.96. The normalized spacial score (nSPS) is 15.4. The zero-order valence-corrected chi connectivity index (χ0v) is 22.4. The van der Waals surface area contributed by atoms with E-state index in [0.29, 0.717) is 9.23 Å². The van der Waals surface area contributed by atoms with Gasteiger partial charge in [-0.15, -0.1) is 0 Å². The Balaban J connectivity index is 1.62. The number of unbranched alkanes of at least 4 members (excludes halogenated alkanes) is 3. The second-order valence-electron chi connectivity index (χ2n) is 8.40. The number of hydrogen-bond acceptors (Lipinski definition) is 6. The molecule has 1 heterocycles. The van der Waals surface area contributed by atoms with Crippen LogP contribution in [0.15, 0.2) is 59.5 Å². The summed E-state index contributed by atoms with van der Waals surface area (Å²) >= 11 is 6.53. The van der Waals surface area contributed by atoms with Gasteiger partial charge in [0.1, 0.15) is 4.32 Å². The van der Waals surface area contributed by atoms with Crippen LogP contribution in [0.1, 0.15) is 61.0 Å². The molecule has 0 radical (unpaired) electrons. The number of rotatable bonds is 11. The molecule has 0 atom stereocenters. The van der Waals surface area contributed by atoms with E-state index in [-0.39, 0.29) is 18.0 Å². The minimum atomic E-state index is -3.95. The van der Waals surface area contributed by atoms with E-state index in [2.05, 4.69) is 19.1 Å². The van der Waals surface area contributed by atoms with Gasteiger partial charge in [-0.25, -0.2) is 13.1 Å². The Hall–Kier alpha value is -2.49. The average molecular weight is 531 g/mol. The molecule has 9 heteroatoms. The van der Waals surface area contributed by atoms with Crippen LogP contribution in [0, 0.1) is 0 Å². The standard InChI is InChI=1S/C26H30N2O4S3/c1-3-4-5-7-10-20-13-15-21(16-14-20)19(2)23-25(30)28(26(33)34-23)17-18-35(31,32)27-24(29)22-11-8-6-9-12-22/h6,8-9,11-16H,3-5,7,10,17-18H2,1-2H3,(H,27,29). The Morgan fingerprint density at radius 2 is 1.69 bits per heavy atom. The topological polar surface area (TPSA) is 83.6 Å². The number of thiocarbonyl (C=S) groups is 1. The van der Waals surface area contributed by atoms with E-state index >= 15 is 0 Å². The molecule has 1 N–H and O–H groups in total. The second-order valence-corrected chi connectivity index (χ2v) is 11.9. The molecule has 1 aliphatic rings. The van der Waals surface area contributed by atoms with Crippen molar-refractivity contribution in [2.45, 2.75) is 46.0 Å². The van der Waals surface area contributed by atoms with Crippen molar-refractivity contribution in [2.24, 2.45) is 0 Å². The SMILES string of the molecule is CCCCCCc1ccc(C(C)=C2SC(=S)N(CCS(=O)(=O)NC(=O)c3ccccc3)C2=O)cc1. The minimum Gasteiger partial charge on any atom is -0.292 e. The van der Waals surface area contributed by atoms with Gasteiger partial charge in [0.25, 0.3) is 11.8 Å². The van der Waals surface area contributed by atoms with Crippen molar-refractivity contribution in [3.63, 3.8) is 0 Å². The summed E-state index contributed by atoms with van der Waals surface area (Å²) in [5.41, 5.74) is 3.26. The molecule has 0 unspecified atom stereocenters. The highest BCUT2D eigenvalue weighted by Crippen LogP contribution is 2.36. The zero-order chi connectivity index (χ0) is 25.4. The number of thioether (sulfide) groups is 1. The Bertz CT molecular complexity index is 1210. The minimum absolute atomic E-state index is 0.129. The van der Waals surface area contributed by atoms with Crippen LogP contribution in [0.5, 0.6) is 0 Å². The maximum absolute atomic E-state index is 13.0. The quantitative estimate of drug-likeness (QED) is 0.245. The summed E-state index contributed by atoms with van der Waals surface area (Å²) in [4.78, 5) is 27.0. The number of sulfonamides is 1. The summed E-state index contributed by atoms with van der Waals surface area (Å²) in [7, 11) is -3.95. The molecular weight excluding hydrogens is 500 g/mol. The molecule has 1 saturated heterocycles. The fourth-order valence-electron chi connectivity index (χ4n) is 3.68. The first-order valence-electron chi connectivity index (χ1n) is 11.7. The van der Waals surface area contributed by atoms with Crippen LogP contribution < -0.4 is 4.72 Å². The number of carbonyl (C=O) groups excluding carboxylic acids is 2. The third kappa shape index (κ3) is 7.49. The molecule has 6 nitrogen and oxygen atoms in total. The van der Waals surface area contributed by atoms with Crippen LogP contribution in [0.3, 0.4) is 0 Å². The van der Waals surface area contributed by atoms with E-state index in [1.54, 1.807) is 18.2 Å². The van der Waals surface area contributed by atoms with Crippen molar-refractivity contribution in [3.8, 4) is 0 Å². The molecule has 186 valence electrons. The van der Waals surface area contributed by atoms with E-state index in [1.807, 2.05) is 23.8 Å². The van der Waals surface area contributed by atoms with Crippen LogP contribution in [0.4, 0.5) is 0 Å². The van der Waals surface area contributed by atoms with Gasteiger partial charge in [0.05, 0.1) is 10.7 Å². The molecule has 1 aliphatic heterocycles. The highest BCUT2D eigenvalue weighted by molar-refractivity contribution is 8.26. The fraction of sp³-hybridized carbons (Fsp3) is 0.346. The molecule has 0 spiro atoms. The lowest BCUT2D eigenvalue weighted by atomic mass is 10.0. The van der Waals surface area contributed by atoms with E-state index in [0.717, 1.165) is 17.6 Å². The highest BCUT2D eigenvalue weighted by atomic mass is 32.2. The first kappa shape index (κ1) is 27.1. The largest absolute Gasteiger partial charge is 0.292 e. The van der Waals surface area contributed by atoms with E-state index in [9.17, 15) is 18.0 Å². The van der Waals surface area contributed by atoms with Crippen molar-refractivity contribution in [1.29, 1.82) is 0 Å². The van der Waals surface area contributed by atoms with Crippen LogP contribution in [-0.2, 0) is 21.2 Å². The lowest BCUT2D eigenvalue weighted by Gasteiger charge is -2.15. The third-order valence-electron chi connectivity index (χ3n) is 5.76. The van der Waals surface area contributed by atoms with Crippen molar-refractivity contribution < 1.29 is 18.0 Å². The Morgan fingerprint density at radius 3 is 2.34 bits per heavy atom. The van der Waals surface area contributed by atoms with Gasteiger partial charge < -0.3 is 0 Å². The van der Waals surface area contributed by atoms with Gasteiger partial charge in [0, 0.05) is 12.1 Å². The van der Waals surface area contributed by atoms with Crippen LogP contribution >= 0.6 is 24.0 Å². The lowest BCUT2D eigenvalue weighted by Crippen LogP contribution is -2.39. The van der Waals surface area contributed by atoms with Gasteiger partial charge in [0.15, 0.2) is 0 Å². The smallest absolute Gasteiger partial charge is 0.266 e. The van der Waals surface area contributed by atoms with Crippen molar-refractivity contribution in [1.82, 2.24) is 9.62 Å². The monoisotopic (exact) mass is 530 g/mol. The van der Waals surface area contributed by atoms with Gasteiger partial charge in [-0.2, -0.15) is 0 Å². The molecule has 0 bridgehead atoms. The van der Waals surface area contributed by atoms with Crippen molar-refractivity contribution in [3.05, 3.63) is 76.2 Å². The maximum atomic E-state index is 13.0. The maximum Gasteiger partial charge on any atom is 0.266 e. The lowest BCUT2D eigenvalue weighted by molar-refractivity contribution is -0.121. The van der Waals surface area contributed by atoms with E-state index in [4.69, 9.17) is 12.2 Å². The summed E-state index contributed by atoms with van der Waals surface area (Å²) in [5, 5.41) is 0. The summed E-state index contributed by atoms with van der Waals surface area (Å²) in [6.07, 6.45) is 5.89. The first-order chi connectivity index (χ1) is 16.7. The molecule has 1 fully saturated rings. The summed E-state index contributed by atoms with van der Waals surface area (Å²) in [5.74, 6) is -1.46. The third-order valence-corrected chi connectivity index (χ3v) is 8.53. The molecule has 35 heavy (non-hydrogen) atoms. The number of nitrogens with one attached hydrogen (secondary N) is 1. The number of hydrogen-bond donors (Lipinski definition) is 1. The Labute approximate surface area is 217 Å². The number of aryl methyl sites for hydroxylation is 1. The molecule has 0 aromatic heterocycles. The van der Waals surface area contributed by atoms with Crippen LogP contribution in [0.25, 0.3) is 5.57 Å². The molecule has 0 saturated carbocycles. The van der Waals surface area contributed by atoms with Gasteiger partial charge in [0.2, 0.25) is 10.0 Å². The predicted octanol–water partition coefficient (Wildman–Crippen LogP) is 5.16. The summed E-state index contributed by atoms with van der Waals surface area (Å²) < 4.78 is 27.2. The molecule has 2 amide bonds. The van der Waals surface area contributed by atoms with Gasteiger partial charge in [-0.3, -0.25) is 14.5 Å². The number of carbonyl (C=O) groups is 2. The number of amides is 2. The predicted molar refractivity (Wildman–Crippen MR) is 146 cm³/mol. The van der Waals surface area contributed by atoms with Gasteiger partial charge in [-0.1, -0.05) is 92.6 Å². The van der Waals surface area contributed by atoms with Crippen molar-refractivity contribution >= 4 is 55.7 Å². The molecule has 0 aliphatic carbocycles. The summed E-state index contributed by atoms with van der Waals surface area (Å²) in [6, 6.07) is 16.3. The highest BCUT2D eigenvalue weighted by Gasteiger charge is 2.34. The molecule has 2 aromatic carbocycles. The molecule has 3 rings (SSSR count). The zero-order valence-electron chi connectivity index (χ0n) is 20.0. The number of benzene rings is 2. The number of nitrogens with zero attached hydrogens (tertiary/aromatic N) is 1. The summed E-state index contributed by atoms with van der Waals surface area (Å²) in [6.45, 7) is 3.94. The van der Waals surface area contributed by atoms with Crippen molar-refractivity contribution in [2.75, 3.05) is 12.3 Å². The van der Waals surface area contributed by atoms with Crippen LogP contribution in [0.2, 0.25) is 0 Å². The first-order valence-corrected chi connectivity index (χ1v) is 14.5. The number of allylic oxidation sites excluding steroid dienone is 1. The van der Waals surface area contributed by atoms with Gasteiger partial charge in [-0.05, 0) is 48.6 Å². The average Bonchev–Trinajstić information content (AvgIpc) is 3.13. The molecule has 2 aromatic rings. The van der Waals surface area contributed by atoms with E-state index < -0.39 is 21.7 Å².